The van der Waals surface area contributed by atoms with E-state index in [1.807, 2.05) is 0 Å². The number of ether oxygens (including phenoxy) is 2. The van der Waals surface area contributed by atoms with E-state index in [2.05, 4.69) is 0 Å². The average molecular weight is 342 g/mol. The summed E-state index contributed by atoms with van der Waals surface area (Å²) in [7, 11) is 0. The van der Waals surface area contributed by atoms with E-state index in [1.54, 1.807) is 43.3 Å². The van der Waals surface area contributed by atoms with Crippen molar-refractivity contribution in [1.29, 1.82) is 0 Å². The summed E-state index contributed by atoms with van der Waals surface area (Å²) in [4.78, 5) is 37.5. The summed E-state index contributed by atoms with van der Waals surface area (Å²) in [6.45, 7) is 2.25. The number of carboxylic acid groups (broad SMARTS) is 1. The van der Waals surface area contributed by atoms with Crippen LogP contribution in [0.25, 0.3) is 0 Å². The van der Waals surface area contributed by atoms with E-state index in [9.17, 15) is 19.5 Å². The second-order valence-corrected chi connectivity index (χ2v) is 6.41. The minimum absolute atomic E-state index is 0.242. The number of hydrogen-bond donors (Lipinski definition) is 0. The maximum absolute atomic E-state index is 12.8. The topological polar surface area (TPSA) is 96.0 Å². The Bertz CT molecular complexity index is 785. The Kier molecular flexibility index (Phi) is 3.43. The van der Waals surface area contributed by atoms with Gasteiger partial charge in [-0.15, -0.1) is 0 Å². The van der Waals surface area contributed by atoms with Crippen LogP contribution in [0, 0.1) is 11.8 Å². The number of carbonyl (C=O) groups is 3. The molecule has 7 heteroatoms. The third kappa shape index (κ3) is 2.19. The molecular weight excluding hydrogens is 326 g/mol. The van der Waals surface area contributed by atoms with Gasteiger partial charge in [0, 0.05) is 17.6 Å². The molecule has 4 atom stereocenters. The predicted octanol–water partition coefficient (Wildman–Crippen LogP) is -0.100. The quantitative estimate of drug-likeness (QED) is 0.560. The molecule has 1 amide bonds. The van der Waals surface area contributed by atoms with Crippen LogP contribution in [0.5, 0.6) is 0 Å². The molecule has 0 saturated carbocycles. The van der Waals surface area contributed by atoms with Crippen LogP contribution in [0.3, 0.4) is 0 Å². The minimum Gasteiger partial charge on any atom is -0.550 e. The zero-order chi connectivity index (χ0) is 17.8. The normalized spacial score (nSPS) is 32.1. The Balaban J connectivity index is 1.61. The van der Waals surface area contributed by atoms with E-state index in [0.29, 0.717) is 11.3 Å². The molecule has 2 saturated heterocycles. The number of nitrogens with zero attached hydrogens (tertiary/aromatic N) is 1. The van der Waals surface area contributed by atoms with Gasteiger partial charge in [-0.3, -0.25) is 4.79 Å². The number of esters is 1. The molecule has 1 aromatic rings. The molecule has 0 N–H and O–H groups in total. The highest BCUT2D eigenvalue weighted by atomic mass is 16.5. The molecule has 3 heterocycles. The van der Waals surface area contributed by atoms with Crippen LogP contribution < -0.4 is 10.0 Å². The van der Waals surface area contributed by atoms with Crippen LogP contribution in [-0.2, 0) is 19.1 Å². The lowest BCUT2D eigenvalue weighted by Crippen LogP contribution is -2.45. The number of carboxylic acids is 1. The van der Waals surface area contributed by atoms with Crippen molar-refractivity contribution >= 4 is 23.5 Å². The fourth-order valence-corrected chi connectivity index (χ4v) is 3.98. The Labute approximate surface area is 143 Å². The van der Waals surface area contributed by atoms with Crippen molar-refractivity contribution in [3.8, 4) is 0 Å². The molecule has 0 unspecified atom stereocenters. The number of rotatable bonds is 4. The summed E-state index contributed by atoms with van der Waals surface area (Å²) in [5, 5.41) is 11.5. The van der Waals surface area contributed by atoms with E-state index < -0.39 is 35.5 Å². The van der Waals surface area contributed by atoms with Crippen molar-refractivity contribution in [3.63, 3.8) is 0 Å². The maximum atomic E-state index is 12.8. The standard InChI is InChI=1S/C18H17NO6/c1-2-24-17(23)10-3-5-11(6-4-10)19-9-18-8-7-12(25-18)13(16(21)22)14(18)15(19)20/h3-8,12-14H,2,9H2,1H3,(H,21,22)/p-1/t12-,13-,14-,18+/m0/s1. The molecule has 3 aliphatic rings. The second-order valence-electron chi connectivity index (χ2n) is 6.41. The number of fused-ring (bicyclic) bond motifs is 1. The first-order chi connectivity index (χ1) is 12.0. The van der Waals surface area contributed by atoms with Crippen LogP contribution >= 0.6 is 0 Å². The van der Waals surface area contributed by atoms with Crippen molar-refractivity contribution in [1.82, 2.24) is 0 Å². The Morgan fingerprint density at radius 2 is 2.08 bits per heavy atom. The highest BCUT2D eigenvalue weighted by molar-refractivity contribution is 6.02. The van der Waals surface area contributed by atoms with Gasteiger partial charge in [0.2, 0.25) is 5.91 Å². The average Bonchev–Trinajstić information content (AvgIpc) is 3.23. The molecule has 1 spiro atoms. The lowest BCUT2D eigenvalue weighted by atomic mass is 9.77. The number of amides is 1. The molecule has 2 bridgehead atoms. The van der Waals surface area contributed by atoms with Gasteiger partial charge in [-0.2, -0.15) is 0 Å². The van der Waals surface area contributed by atoms with E-state index >= 15 is 0 Å². The van der Waals surface area contributed by atoms with E-state index in [-0.39, 0.29) is 19.1 Å². The molecule has 0 aliphatic carbocycles. The lowest BCUT2D eigenvalue weighted by Gasteiger charge is -2.24. The van der Waals surface area contributed by atoms with Gasteiger partial charge in [-0.25, -0.2) is 4.79 Å². The fourth-order valence-electron chi connectivity index (χ4n) is 3.98. The predicted molar refractivity (Wildman–Crippen MR) is 83.5 cm³/mol. The summed E-state index contributed by atoms with van der Waals surface area (Å²) in [6, 6.07) is 6.45. The van der Waals surface area contributed by atoms with Gasteiger partial charge >= 0.3 is 5.97 Å². The van der Waals surface area contributed by atoms with Crippen LogP contribution in [0.15, 0.2) is 36.4 Å². The van der Waals surface area contributed by atoms with Gasteiger partial charge in [0.15, 0.2) is 0 Å². The Morgan fingerprint density at radius 3 is 2.72 bits per heavy atom. The summed E-state index contributed by atoms with van der Waals surface area (Å²) >= 11 is 0. The van der Waals surface area contributed by atoms with Crippen LogP contribution in [0.1, 0.15) is 17.3 Å². The smallest absolute Gasteiger partial charge is 0.338 e. The Hall–Kier alpha value is -2.67. The van der Waals surface area contributed by atoms with Crippen molar-refractivity contribution in [2.45, 2.75) is 18.6 Å². The molecule has 7 nitrogen and oxygen atoms in total. The van der Waals surface area contributed by atoms with Crippen molar-refractivity contribution in [2.24, 2.45) is 11.8 Å². The lowest BCUT2D eigenvalue weighted by molar-refractivity contribution is -0.313. The molecule has 2 fully saturated rings. The monoisotopic (exact) mass is 342 g/mol. The first-order valence-corrected chi connectivity index (χ1v) is 8.13. The number of carbonyl (C=O) groups excluding carboxylic acids is 3. The molecule has 1 aromatic carbocycles. The summed E-state index contributed by atoms with van der Waals surface area (Å²) in [5.41, 5.74) is 0.0615. The van der Waals surface area contributed by atoms with Crippen LogP contribution in [0.2, 0.25) is 0 Å². The van der Waals surface area contributed by atoms with Gasteiger partial charge in [0.05, 0.1) is 30.7 Å². The minimum atomic E-state index is -1.27. The fraction of sp³-hybridized carbons (Fsp3) is 0.389. The van der Waals surface area contributed by atoms with Gasteiger partial charge < -0.3 is 24.3 Å². The summed E-state index contributed by atoms with van der Waals surface area (Å²) < 4.78 is 10.7. The van der Waals surface area contributed by atoms with Crippen molar-refractivity contribution in [2.75, 3.05) is 18.1 Å². The highest BCUT2D eigenvalue weighted by Crippen LogP contribution is 2.52. The van der Waals surface area contributed by atoms with Gasteiger partial charge in [0.25, 0.3) is 0 Å². The Morgan fingerprint density at radius 1 is 1.36 bits per heavy atom. The third-order valence-electron chi connectivity index (χ3n) is 5.06. The number of aliphatic carboxylic acids is 1. The SMILES string of the molecule is CCOC(=O)c1ccc(N2C[C@@]34C=C[C@H](O3)[C@H](C(=O)[O-])[C@H]4C2=O)cc1. The maximum Gasteiger partial charge on any atom is 0.338 e. The molecule has 0 radical (unpaired) electrons. The molecular formula is C18H16NO6-. The van der Waals surface area contributed by atoms with Crippen LogP contribution in [0.4, 0.5) is 5.69 Å². The van der Waals surface area contributed by atoms with Gasteiger partial charge in [0.1, 0.15) is 5.60 Å². The first kappa shape index (κ1) is 15.8. The first-order valence-electron chi connectivity index (χ1n) is 8.13. The summed E-state index contributed by atoms with van der Waals surface area (Å²) in [5.74, 6) is -3.75. The van der Waals surface area contributed by atoms with E-state index in [0.717, 1.165) is 0 Å². The number of benzene rings is 1. The third-order valence-corrected chi connectivity index (χ3v) is 5.06. The summed E-state index contributed by atoms with van der Waals surface area (Å²) in [6.07, 6.45) is 2.87. The molecule has 0 aromatic heterocycles. The van der Waals surface area contributed by atoms with Gasteiger partial charge in [-0.1, -0.05) is 12.2 Å². The second kappa shape index (κ2) is 5.42. The zero-order valence-electron chi connectivity index (χ0n) is 13.5. The zero-order valence-corrected chi connectivity index (χ0v) is 13.5. The number of anilines is 1. The van der Waals surface area contributed by atoms with Crippen LogP contribution in [-0.4, -0.2) is 42.7 Å². The largest absolute Gasteiger partial charge is 0.550 e. The van der Waals surface area contributed by atoms with E-state index in [4.69, 9.17) is 9.47 Å². The number of hydrogen-bond acceptors (Lipinski definition) is 6. The van der Waals surface area contributed by atoms with Crippen molar-refractivity contribution < 1.29 is 29.0 Å². The van der Waals surface area contributed by atoms with Gasteiger partial charge in [-0.05, 0) is 31.2 Å². The van der Waals surface area contributed by atoms with E-state index in [1.165, 1.54) is 4.90 Å². The van der Waals surface area contributed by atoms with Crippen molar-refractivity contribution in [3.05, 3.63) is 42.0 Å². The molecule has 25 heavy (non-hydrogen) atoms. The molecule has 3 aliphatic heterocycles. The molecule has 4 rings (SSSR count). The highest BCUT2D eigenvalue weighted by Gasteiger charge is 2.65. The molecule has 130 valence electrons.